The summed E-state index contributed by atoms with van der Waals surface area (Å²) < 4.78 is 7.77. The molecule has 1 aromatic carbocycles. The largest absolute Gasteiger partial charge is 0.365 e. The molecule has 24 heavy (non-hydrogen) atoms. The van der Waals surface area contributed by atoms with Gasteiger partial charge in [0.25, 0.3) is 0 Å². The SMILES string of the molecule is Cn1ccnc1CN1C(=O)CO[C@H]2CN(Cc3ccccc3)C[C@H]21. The normalized spacial score (nSPS) is 24.4. The lowest BCUT2D eigenvalue weighted by atomic mass is 10.1. The number of benzene rings is 1. The molecule has 3 heterocycles. The van der Waals surface area contributed by atoms with Gasteiger partial charge in [-0.3, -0.25) is 9.69 Å². The molecule has 2 fully saturated rings. The number of morpholine rings is 1. The monoisotopic (exact) mass is 326 g/mol. The van der Waals surface area contributed by atoms with Crippen LogP contribution in [0.25, 0.3) is 0 Å². The second-order valence-corrected chi connectivity index (χ2v) is 6.57. The summed E-state index contributed by atoms with van der Waals surface area (Å²) in [5.74, 6) is 0.964. The van der Waals surface area contributed by atoms with Gasteiger partial charge in [0.15, 0.2) is 0 Å². The van der Waals surface area contributed by atoms with E-state index >= 15 is 0 Å². The van der Waals surface area contributed by atoms with Crippen molar-refractivity contribution in [2.24, 2.45) is 7.05 Å². The first-order chi connectivity index (χ1) is 11.7. The van der Waals surface area contributed by atoms with Crippen LogP contribution in [0.3, 0.4) is 0 Å². The van der Waals surface area contributed by atoms with Gasteiger partial charge in [0.05, 0.1) is 18.7 Å². The molecule has 2 saturated heterocycles. The van der Waals surface area contributed by atoms with Gasteiger partial charge in [0.1, 0.15) is 12.4 Å². The Morgan fingerprint density at radius 2 is 2.04 bits per heavy atom. The smallest absolute Gasteiger partial charge is 0.249 e. The summed E-state index contributed by atoms with van der Waals surface area (Å²) in [5.41, 5.74) is 1.29. The van der Waals surface area contributed by atoms with Crippen molar-refractivity contribution in [1.82, 2.24) is 19.4 Å². The first kappa shape index (κ1) is 15.4. The van der Waals surface area contributed by atoms with Gasteiger partial charge in [-0.1, -0.05) is 30.3 Å². The number of likely N-dealkylation sites (tertiary alicyclic amines) is 1. The molecule has 1 aromatic heterocycles. The Morgan fingerprint density at radius 1 is 1.21 bits per heavy atom. The van der Waals surface area contributed by atoms with E-state index in [4.69, 9.17) is 4.74 Å². The standard InChI is InChI=1S/C18H22N4O2/c1-20-8-7-19-17(20)12-22-15-10-21(9-14-5-3-2-4-6-14)11-16(15)24-13-18(22)23/h2-8,15-16H,9-13H2,1H3/t15-,16+/m1/s1. The van der Waals surface area contributed by atoms with Crippen LogP contribution in [0, 0.1) is 0 Å². The summed E-state index contributed by atoms with van der Waals surface area (Å²) in [4.78, 5) is 21.1. The van der Waals surface area contributed by atoms with Crippen molar-refractivity contribution >= 4 is 5.91 Å². The van der Waals surface area contributed by atoms with Crippen LogP contribution >= 0.6 is 0 Å². The molecule has 0 bridgehead atoms. The number of fused-ring (bicyclic) bond motifs is 1. The van der Waals surface area contributed by atoms with E-state index in [9.17, 15) is 4.79 Å². The summed E-state index contributed by atoms with van der Waals surface area (Å²) >= 11 is 0. The molecule has 0 unspecified atom stereocenters. The first-order valence-electron chi connectivity index (χ1n) is 8.34. The number of aryl methyl sites for hydroxylation is 1. The molecule has 1 amide bonds. The first-order valence-corrected chi connectivity index (χ1v) is 8.34. The predicted molar refractivity (Wildman–Crippen MR) is 89.0 cm³/mol. The van der Waals surface area contributed by atoms with Gasteiger partial charge in [-0.25, -0.2) is 4.98 Å². The Kier molecular flexibility index (Phi) is 4.08. The van der Waals surface area contributed by atoms with Gasteiger partial charge >= 0.3 is 0 Å². The van der Waals surface area contributed by atoms with E-state index in [1.165, 1.54) is 5.56 Å². The third-order valence-corrected chi connectivity index (χ3v) is 4.94. The third kappa shape index (κ3) is 2.95. The van der Waals surface area contributed by atoms with Crippen LogP contribution in [0.5, 0.6) is 0 Å². The lowest BCUT2D eigenvalue weighted by molar-refractivity contribution is -0.154. The lowest BCUT2D eigenvalue weighted by Gasteiger charge is -2.36. The van der Waals surface area contributed by atoms with Crippen LogP contribution in [-0.2, 0) is 29.7 Å². The molecule has 2 aliphatic heterocycles. The van der Waals surface area contributed by atoms with Crippen molar-refractivity contribution in [3.63, 3.8) is 0 Å². The average molecular weight is 326 g/mol. The minimum Gasteiger partial charge on any atom is -0.365 e. The molecule has 6 heteroatoms. The zero-order valence-corrected chi connectivity index (χ0v) is 13.8. The molecular weight excluding hydrogens is 304 g/mol. The number of nitrogens with zero attached hydrogens (tertiary/aromatic N) is 4. The van der Waals surface area contributed by atoms with Gasteiger partial charge in [-0.15, -0.1) is 0 Å². The minimum absolute atomic E-state index is 0.0563. The summed E-state index contributed by atoms with van der Waals surface area (Å²) in [6.07, 6.45) is 3.77. The second kappa shape index (κ2) is 6.37. The van der Waals surface area contributed by atoms with Gasteiger partial charge < -0.3 is 14.2 Å². The number of hydrogen-bond acceptors (Lipinski definition) is 4. The number of carbonyl (C=O) groups is 1. The van der Waals surface area contributed by atoms with Crippen LogP contribution in [0.1, 0.15) is 11.4 Å². The Bertz CT molecular complexity index is 715. The van der Waals surface area contributed by atoms with Crippen molar-refractivity contribution in [2.45, 2.75) is 25.2 Å². The quantitative estimate of drug-likeness (QED) is 0.842. The highest BCUT2D eigenvalue weighted by Gasteiger charge is 2.43. The van der Waals surface area contributed by atoms with E-state index in [0.29, 0.717) is 6.54 Å². The Morgan fingerprint density at radius 3 is 2.79 bits per heavy atom. The highest BCUT2D eigenvalue weighted by atomic mass is 16.5. The summed E-state index contributed by atoms with van der Waals surface area (Å²) in [7, 11) is 1.96. The van der Waals surface area contributed by atoms with Crippen molar-refractivity contribution in [3.8, 4) is 0 Å². The molecule has 6 nitrogen and oxygen atoms in total. The zero-order valence-electron chi connectivity index (χ0n) is 13.8. The lowest BCUT2D eigenvalue weighted by Crippen LogP contribution is -2.53. The average Bonchev–Trinajstić information content (AvgIpc) is 3.17. The fourth-order valence-electron chi connectivity index (χ4n) is 3.62. The van der Waals surface area contributed by atoms with E-state index in [1.807, 2.05) is 28.8 Å². The topological polar surface area (TPSA) is 50.6 Å². The maximum Gasteiger partial charge on any atom is 0.249 e. The molecule has 0 radical (unpaired) electrons. The van der Waals surface area contributed by atoms with Crippen molar-refractivity contribution in [2.75, 3.05) is 19.7 Å². The molecular formula is C18H22N4O2. The van der Waals surface area contributed by atoms with E-state index in [0.717, 1.165) is 25.5 Å². The number of rotatable bonds is 4. The van der Waals surface area contributed by atoms with Crippen molar-refractivity contribution in [3.05, 3.63) is 54.1 Å². The van der Waals surface area contributed by atoms with Gasteiger partial charge in [-0.05, 0) is 5.56 Å². The zero-order chi connectivity index (χ0) is 16.5. The number of hydrogen-bond donors (Lipinski definition) is 0. The fourth-order valence-corrected chi connectivity index (χ4v) is 3.62. The minimum atomic E-state index is 0.0563. The second-order valence-electron chi connectivity index (χ2n) is 6.57. The number of amides is 1. The number of aromatic nitrogens is 2. The molecule has 126 valence electrons. The van der Waals surface area contributed by atoms with Crippen molar-refractivity contribution in [1.29, 1.82) is 0 Å². The van der Waals surface area contributed by atoms with E-state index in [2.05, 4.69) is 34.1 Å². The predicted octanol–water partition coefficient (Wildman–Crippen LogP) is 1.03. The van der Waals surface area contributed by atoms with Gasteiger partial charge in [-0.2, -0.15) is 0 Å². The summed E-state index contributed by atoms with van der Waals surface area (Å²) in [6.45, 7) is 3.32. The maximum absolute atomic E-state index is 12.4. The molecule has 0 spiro atoms. The van der Waals surface area contributed by atoms with E-state index in [-0.39, 0.29) is 24.7 Å². The molecule has 0 saturated carbocycles. The summed E-state index contributed by atoms with van der Waals surface area (Å²) in [5, 5.41) is 0. The number of ether oxygens (including phenoxy) is 1. The van der Waals surface area contributed by atoms with E-state index < -0.39 is 0 Å². The highest BCUT2D eigenvalue weighted by Crippen LogP contribution is 2.26. The summed E-state index contributed by atoms with van der Waals surface area (Å²) in [6, 6.07) is 10.5. The van der Waals surface area contributed by atoms with Crippen LogP contribution in [-0.4, -0.2) is 57.1 Å². The van der Waals surface area contributed by atoms with Crippen LogP contribution in [0.2, 0.25) is 0 Å². The third-order valence-electron chi connectivity index (χ3n) is 4.94. The van der Waals surface area contributed by atoms with Crippen LogP contribution in [0.15, 0.2) is 42.7 Å². The van der Waals surface area contributed by atoms with Gasteiger partial charge in [0.2, 0.25) is 5.91 Å². The van der Waals surface area contributed by atoms with E-state index in [1.54, 1.807) is 6.20 Å². The van der Waals surface area contributed by atoms with Crippen LogP contribution in [0.4, 0.5) is 0 Å². The van der Waals surface area contributed by atoms with Crippen LogP contribution < -0.4 is 0 Å². The maximum atomic E-state index is 12.4. The molecule has 2 aliphatic rings. The number of carbonyl (C=O) groups excluding carboxylic acids is 1. The fraction of sp³-hybridized carbons (Fsp3) is 0.444. The molecule has 2 atom stereocenters. The molecule has 4 rings (SSSR count). The Hall–Kier alpha value is -2.18. The molecule has 0 N–H and O–H groups in total. The van der Waals surface area contributed by atoms with Crippen molar-refractivity contribution < 1.29 is 9.53 Å². The molecule has 0 aliphatic carbocycles. The Labute approximate surface area is 141 Å². The highest BCUT2D eigenvalue weighted by molar-refractivity contribution is 5.78. The molecule has 2 aromatic rings. The Balaban J connectivity index is 1.48. The number of imidazole rings is 1. The van der Waals surface area contributed by atoms with Gasteiger partial charge in [0, 0.05) is 39.1 Å².